The molecule has 0 radical (unpaired) electrons. The number of rotatable bonds is 5. The number of carboxylic acid groups (broad SMARTS) is 1. The van der Waals surface area contributed by atoms with Crippen LogP contribution in [0, 0.1) is 29.6 Å². The van der Waals surface area contributed by atoms with Gasteiger partial charge in [-0.1, -0.05) is 42.2 Å². The Bertz CT molecular complexity index is 1260. The number of carbonyl (C=O) groups is 1. The lowest BCUT2D eigenvalue weighted by Crippen LogP contribution is -2.48. The Morgan fingerprint density at radius 1 is 0.829 bits per heavy atom. The summed E-state index contributed by atoms with van der Waals surface area (Å²) in [5, 5.41) is 9.13. The molecule has 4 saturated carbocycles. The van der Waals surface area contributed by atoms with E-state index >= 15 is 0 Å². The molecule has 0 atom stereocenters. The topological polar surface area (TPSA) is 46.5 Å². The van der Waals surface area contributed by atoms with E-state index < -0.39 is 5.97 Å². The number of carboxylic acids is 1. The van der Waals surface area contributed by atoms with Crippen molar-refractivity contribution in [2.45, 2.75) is 50.5 Å². The summed E-state index contributed by atoms with van der Waals surface area (Å²) in [4.78, 5) is 11.1. The van der Waals surface area contributed by atoms with Gasteiger partial charge in [-0.25, -0.2) is 4.79 Å². The minimum atomic E-state index is -0.921. The van der Waals surface area contributed by atoms with Crippen molar-refractivity contribution in [1.29, 1.82) is 0 Å². The third-order valence-corrected chi connectivity index (χ3v) is 8.31. The standard InChI is InChI=1S/C32H30O3/c33-31(34)28-11-8-22(9-12-28)6-7-23-10-13-30(35-21-24-4-2-1-3-5-24)29(17-23)32-18-25-14-26(19-32)16-27(15-25)20-32/h1-5,8-13,17,25-27H,14-16,18-21H2,(H,33,34). The van der Waals surface area contributed by atoms with Crippen molar-refractivity contribution in [2.24, 2.45) is 17.8 Å². The Labute approximate surface area is 207 Å². The molecule has 3 aromatic rings. The minimum Gasteiger partial charge on any atom is -0.489 e. The molecule has 4 aliphatic rings. The average Bonchev–Trinajstić information content (AvgIpc) is 2.86. The summed E-state index contributed by atoms with van der Waals surface area (Å²) in [6, 6.07) is 23.6. The minimum absolute atomic E-state index is 0.210. The van der Waals surface area contributed by atoms with Crippen molar-refractivity contribution in [3.05, 3.63) is 101 Å². The summed E-state index contributed by atoms with van der Waals surface area (Å²) in [6.07, 6.45) is 8.04. The monoisotopic (exact) mass is 462 g/mol. The van der Waals surface area contributed by atoms with E-state index in [1.54, 1.807) is 24.3 Å². The van der Waals surface area contributed by atoms with Gasteiger partial charge in [-0.3, -0.25) is 0 Å². The van der Waals surface area contributed by atoms with Gasteiger partial charge >= 0.3 is 5.97 Å². The van der Waals surface area contributed by atoms with E-state index in [9.17, 15) is 4.79 Å². The SMILES string of the molecule is O=C(O)c1ccc(C#Cc2ccc(OCc3ccccc3)c(C34CC5CC(CC(C5)C3)C4)c2)cc1. The molecule has 7 rings (SSSR count). The fourth-order valence-electron chi connectivity index (χ4n) is 7.16. The molecule has 1 N–H and O–H groups in total. The van der Waals surface area contributed by atoms with Gasteiger partial charge in [0, 0.05) is 16.7 Å². The molecular weight excluding hydrogens is 432 g/mol. The van der Waals surface area contributed by atoms with Crippen LogP contribution in [-0.4, -0.2) is 11.1 Å². The third-order valence-electron chi connectivity index (χ3n) is 8.31. The second kappa shape index (κ2) is 8.93. The van der Waals surface area contributed by atoms with Gasteiger partial charge in [0.25, 0.3) is 0 Å². The van der Waals surface area contributed by atoms with Gasteiger partial charge in [-0.15, -0.1) is 0 Å². The first-order valence-electron chi connectivity index (χ1n) is 12.7. The first-order chi connectivity index (χ1) is 17.1. The zero-order valence-corrected chi connectivity index (χ0v) is 19.9. The summed E-state index contributed by atoms with van der Waals surface area (Å²) in [5.74, 6) is 9.20. The first kappa shape index (κ1) is 22.0. The molecule has 0 heterocycles. The Morgan fingerprint density at radius 3 is 2.06 bits per heavy atom. The Morgan fingerprint density at radius 2 is 1.43 bits per heavy atom. The van der Waals surface area contributed by atoms with E-state index in [4.69, 9.17) is 9.84 Å². The lowest BCUT2D eigenvalue weighted by molar-refractivity contribution is -0.00648. The molecular formula is C32H30O3. The fourth-order valence-corrected chi connectivity index (χ4v) is 7.16. The van der Waals surface area contributed by atoms with Crippen molar-refractivity contribution in [3.63, 3.8) is 0 Å². The van der Waals surface area contributed by atoms with Crippen LogP contribution in [0.1, 0.15) is 71.1 Å². The van der Waals surface area contributed by atoms with Gasteiger partial charge < -0.3 is 9.84 Å². The number of hydrogen-bond acceptors (Lipinski definition) is 2. The summed E-state index contributed by atoms with van der Waals surface area (Å²) >= 11 is 0. The van der Waals surface area contributed by atoms with Crippen LogP contribution in [0.4, 0.5) is 0 Å². The molecule has 4 aliphatic carbocycles. The summed E-state index contributed by atoms with van der Waals surface area (Å²) in [7, 11) is 0. The number of ether oxygens (including phenoxy) is 1. The molecule has 176 valence electrons. The van der Waals surface area contributed by atoms with E-state index in [1.165, 1.54) is 49.7 Å². The molecule has 35 heavy (non-hydrogen) atoms. The third kappa shape index (κ3) is 4.46. The Balaban J connectivity index is 1.33. The van der Waals surface area contributed by atoms with Gasteiger partial charge in [-0.05, 0) is 110 Å². The normalized spacial score (nSPS) is 26.1. The highest BCUT2D eigenvalue weighted by Crippen LogP contribution is 2.62. The maximum Gasteiger partial charge on any atom is 0.335 e. The van der Waals surface area contributed by atoms with Gasteiger partial charge in [0.1, 0.15) is 12.4 Å². The van der Waals surface area contributed by atoms with Crippen LogP contribution in [0.15, 0.2) is 72.8 Å². The maximum atomic E-state index is 11.1. The van der Waals surface area contributed by atoms with Crippen LogP contribution in [0.5, 0.6) is 5.75 Å². The van der Waals surface area contributed by atoms with E-state index in [-0.39, 0.29) is 11.0 Å². The molecule has 0 spiro atoms. The van der Waals surface area contributed by atoms with Crippen molar-refractivity contribution < 1.29 is 14.6 Å². The Hall–Kier alpha value is -3.51. The molecule has 3 aromatic carbocycles. The zero-order chi connectivity index (χ0) is 23.8. The summed E-state index contributed by atoms with van der Waals surface area (Å²) in [5.41, 5.74) is 4.82. The summed E-state index contributed by atoms with van der Waals surface area (Å²) in [6.45, 7) is 0.571. The second-order valence-corrected chi connectivity index (χ2v) is 10.8. The predicted molar refractivity (Wildman–Crippen MR) is 136 cm³/mol. The van der Waals surface area contributed by atoms with Gasteiger partial charge in [0.15, 0.2) is 0 Å². The molecule has 0 aromatic heterocycles. The lowest BCUT2D eigenvalue weighted by Gasteiger charge is -2.57. The van der Waals surface area contributed by atoms with E-state index in [1.807, 2.05) is 6.07 Å². The number of hydrogen-bond donors (Lipinski definition) is 1. The van der Waals surface area contributed by atoms with Crippen LogP contribution >= 0.6 is 0 Å². The molecule has 4 bridgehead atoms. The van der Waals surface area contributed by atoms with Crippen molar-refractivity contribution in [1.82, 2.24) is 0 Å². The lowest BCUT2D eigenvalue weighted by atomic mass is 9.48. The fraction of sp³-hybridized carbons (Fsp3) is 0.344. The van der Waals surface area contributed by atoms with Crippen LogP contribution < -0.4 is 4.74 Å². The summed E-state index contributed by atoms with van der Waals surface area (Å²) < 4.78 is 6.46. The number of benzene rings is 3. The van der Waals surface area contributed by atoms with Gasteiger partial charge in [0.2, 0.25) is 0 Å². The highest BCUT2D eigenvalue weighted by atomic mass is 16.5. The quantitative estimate of drug-likeness (QED) is 0.423. The number of aromatic carboxylic acids is 1. The van der Waals surface area contributed by atoms with E-state index in [2.05, 4.69) is 54.3 Å². The van der Waals surface area contributed by atoms with Crippen LogP contribution in [0.25, 0.3) is 0 Å². The highest BCUT2D eigenvalue weighted by Gasteiger charge is 2.52. The molecule has 0 saturated heterocycles. The van der Waals surface area contributed by atoms with E-state index in [0.717, 1.165) is 34.6 Å². The molecule has 3 heteroatoms. The zero-order valence-electron chi connectivity index (χ0n) is 19.9. The van der Waals surface area contributed by atoms with E-state index in [0.29, 0.717) is 6.61 Å². The molecule has 0 unspecified atom stereocenters. The maximum absolute atomic E-state index is 11.1. The first-order valence-corrected chi connectivity index (χ1v) is 12.7. The second-order valence-electron chi connectivity index (χ2n) is 10.8. The van der Waals surface area contributed by atoms with Gasteiger partial charge in [0.05, 0.1) is 5.56 Å². The van der Waals surface area contributed by atoms with Gasteiger partial charge in [-0.2, -0.15) is 0 Å². The van der Waals surface area contributed by atoms with Crippen molar-refractivity contribution in [3.8, 4) is 17.6 Å². The molecule has 4 fully saturated rings. The van der Waals surface area contributed by atoms with Crippen molar-refractivity contribution in [2.75, 3.05) is 0 Å². The molecule has 0 amide bonds. The predicted octanol–water partition coefficient (Wildman–Crippen LogP) is 6.83. The van der Waals surface area contributed by atoms with Crippen molar-refractivity contribution >= 4 is 5.97 Å². The van der Waals surface area contributed by atoms with Crippen LogP contribution in [0.2, 0.25) is 0 Å². The highest BCUT2D eigenvalue weighted by molar-refractivity contribution is 5.87. The molecule has 0 aliphatic heterocycles. The average molecular weight is 463 g/mol. The van der Waals surface area contributed by atoms with Crippen LogP contribution in [0.3, 0.4) is 0 Å². The Kier molecular flexibility index (Phi) is 5.61. The molecule has 3 nitrogen and oxygen atoms in total. The van der Waals surface area contributed by atoms with Crippen LogP contribution in [-0.2, 0) is 12.0 Å². The smallest absolute Gasteiger partial charge is 0.335 e. The largest absolute Gasteiger partial charge is 0.489 e.